The average molecular weight is 386 g/mol. The number of rotatable bonds is 4. The number of benzene rings is 2. The van der Waals surface area contributed by atoms with Crippen LogP contribution < -0.4 is 0 Å². The maximum Gasteiger partial charge on any atom is 0.416 e. The highest BCUT2D eigenvalue weighted by Gasteiger charge is 2.42. The third-order valence-electron chi connectivity index (χ3n) is 3.28. The Morgan fingerprint density at radius 3 is 1.92 bits per heavy atom. The second-order valence-electron chi connectivity index (χ2n) is 5.24. The lowest BCUT2D eigenvalue weighted by atomic mass is 10.1. The van der Waals surface area contributed by atoms with Crippen molar-refractivity contribution in [2.24, 2.45) is 0 Å². The third kappa shape index (κ3) is 4.70. The van der Waals surface area contributed by atoms with Crippen LogP contribution in [0.5, 0.6) is 0 Å². The summed E-state index contributed by atoms with van der Waals surface area (Å²) in [5.74, 6) is -1.31. The van der Waals surface area contributed by atoms with E-state index >= 15 is 0 Å². The smallest absolute Gasteiger partial charge is 0.336 e. The van der Waals surface area contributed by atoms with Crippen molar-refractivity contribution in [2.45, 2.75) is 25.0 Å². The zero-order valence-electron chi connectivity index (χ0n) is 12.6. The second-order valence-corrected chi connectivity index (χ2v) is 5.24. The summed E-state index contributed by atoms with van der Waals surface area (Å²) in [6.07, 6.45) is -9.91. The number of halogens is 8. The fraction of sp³-hybridized carbons (Fsp3) is 0.250. The van der Waals surface area contributed by atoms with E-state index in [0.717, 1.165) is 12.1 Å². The molecule has 1 N–H and O–H groups in total. The molecule has 0 aliphatic heterocycles. The maximum atomic E-state index is 14.3. The summed E-state index contributed by atoms with van der Waals surface area (Å²) in [6, 6.07) is 0.270. The van der Waals surface area contributed by atoms with Gasteiger partial charge in [-0.15, -0.1) is 0 Å². The molecule has 1 atom stereocenters. The van der Waals surface area contributed by atoms with Crippen LogP contribution in [0.15, 0.2) is 42.5 Å². The average Bonchev–Trinajstić information content (AvgIpc) is 2.51. The predicted molar refractivity (Wildman–Crippen MR) is 72.6 cm³/mol. The topological polar surface area (TPSA) is 29.5 Å². The van der Waals surface area contributed by atoms with Gasteiger partial charge in [-0.3, -0.25) is 0 Å². The number of ether oxygens (including phenoxy) is 1. The molecule has 0 aliphatic rings. The van der Waals surface area contributed by atoms with Crippen molar-refractivity contribution < 1.29 is 45.0 Å². The minimum atomic E-state index is -5.01. The van der Waals surface area contributed by atoms with Gasteiger partial charge >= 0.3 is 18.4 Å². The molecular weight excluding hydrogens is 376 g/mol. The lowest BCUT2D eigenvalue weighted by Gasteiger charge is -2.23. The van der Waals surface area contributed by atoms with Crippen molar-refractivity contribution in [1.82, 2.24) is 0 Å². The van der Waals surface area contributed by atoms with Gasteiger partial charge in [0, 0.05) is 0 Å². The van der Waals surface area contributed by atoms with E-state index in [4.69, 9.17) is 0 Å². The van der Waals surface area contributed by atoms with E-state index < -0.39 is 53.1 Å². The molecule has 0 aliphatic carbocycles. The van der Waals surface area contributed by atoms with Crippen molar-refractivity contribution in [2.75, 3.05) is 0 Å². The highest BCUT2D eigenvalue weighted by Crippen LogP contribution is 2.38. The van der Waals surface area contributed by atoms with Gasteiger partial charge in [-0.25, -0.2) is 4.39 Å². The van der Waals surface area contributed by atoms with E-state index in [1.165, 1.54) is 0 Å². The first kappa shape index (κ1) is 20.1. The first-order chi connectivity index (χ1) is 11.8. The van der Waals surface area contributed by atoms with E-state index in [-0.39, 0.29) is 6.07 Å². The number of aliphatic hydroxyl groups is 1. The molecule has 0 radical (unpaired) electrons. The van der Waals surface area contributed by atoms with Gasteiger partial charge in [0.1, 0.15) is 5.82 Å². The van der Waals surface area contributed by atoms with E-state index in [0.29, 0.717) is 24.3 Å². The standard InChI is InChI=1S/C16H10F8O2/c17-11-6-9(5-10(7-11)14(18,19)20)8-26-16(24,25)13-4-2-1-3-12(13)15(21,22)23/h1-7,25H,8H2. The van der Waals surface area contributed by atoms with Crippen LogP contribution in [0, 0.1) is 5.82 Å². The maximum absolute atomic E-state index is 14.3. The molecule has 0 amide bonds. The molecule has 0 saturated heterocycles. The highest BCUT2D eigenvalue weighted by atomic mass is 19.4. The zero-order chi connectivity index (χ0) is 19.8. The minimum absolute atomic E-state index is 0.185. The normalized spacial score (nSPS) is 15.0. The Bertz CT molecular complexity index is 781. The van der Waals surface area contributed by atoms with Crippen molar-refractivity contribution >= 4 is 0 Å². The molecule has 26 heavy (non-hydrogen) atoms. The van der Waals surface area contributed by atoms with Gasteiger partial charge < -0.3 is 9.84 Å². The summed E-state index contributed by atoms with van der Waals surface area (Å²) in [5, 5.41) is 9.58. The molecule has 2 nitrogen and oxygen atoms in total. The van der Waals surface area contributed by atoms with Crippen molar-refractivity contribution in [3.05, 3.63) is 70.5 Å². The SMILES string of the molecule is OC(F)(OCc1cc(F)cc(C(F)(F)F)c1)c1ccccc1C(F)(F)F. The zero-order valence-corrected chi connectivity index (χ0v) is 12.6. The van der Waals surface area contributed by atoms with Gasteiger partial charge in [0.05, 0.1) is 23.3 Å². The number of alkyl halides is 7. The molecule has 10 heteroatoms. The number of hydrogen-bond acceptors (Lipinski definition) is 2. The summed E-state index contributed by atoms with van der Waals surface area (Å²) in [7, 11) is 0. The Kier molecular flexibility index (Phi) is 5.29. The molecule has 142 valence electrons. The van der Waals surface area contributed by atoms with Crippen LogP contribution in [0.25, 0.3) is 0 Å². The van der Waals surface area contributed by atoms with E-state index in [9.17, 15) is 40.2 Å². The Balaban J connectivity index is 2.29. The lowest BCUT2D eigenvalue weighted by Crippen LogP contribution is -2.27. The van der Waals surface area contributed by atoms with E-state index in [1.54, 1.807) is 0 Å². The van der Waals surface area contributed by atoms with Gasteiger partial charge in [0.15, 0.2) is 0 Å². The summed E-state index contributed by atoms with van der Waals surface area (Å²) in [5.41, 5.74) is -4.73. The van der Waals surface area contributed by atoms with Gasteiger partial charge in [0.25, 0.3) is 0 Å². The number of hydrogen-bond donors (Lipinski definition) is 1. The van der Waals surface area contributed by atoms with Crippen LogP contribution in [-0.4, -0.2) is 5.11 Å². The Morgan fingerprint density at radius 2 is 1.38 bits per heavy atom. The van der Waals surface area contributed by atoms with Gasteiger partial charge in [0.2, 0.25) is 0 Å². The summed E-state index contributed by atoms with van der Waals surface area (Å²) < 4.78 is 108. The molecule has 2 rings (SSSR count). The lowest BCUT2D eigenvalue weighted by molar-refractivity contribution is -0.310. The Morgan fingerprint density at radius 1 is 0.808 bits per heavy atom. The summed E-state index contributed by atoms with van der Waals surface area (Å²) in [6.45, 7) is -1.11. The molecule has 0 saturated carbocycles. The molecule has 0 heterocycles. The molecule has 0 fully saturated rings. The first-order valence-electron chi connectivity index (χ1n) is 6.89. The molecular formula is C16H10F8O2. The third-order valence-corrected chi connectivity index (χ3v) is 3.28. The molecule has 0 bridgehead atoms. The van der Waals surface area contributed by atoms with Crippen LogP contribution in [0.3, 0.4) is 0 Å². The van der Waals surface area contributed by atoms with Crippen LogP contribution in [0.4, 0.5) is 35.1 Å². The Labute approximate surface area is 141 Å². The van der Waals surface area contributed by atoms with E-state index in [2.05, 4.69) is 4.74 Å². The predicted octanol–water partition coefficient (Wildman–Crippen LogP) is 5.15. The largest absolute Gasteiger partial charge is 0.416 e. The monoisotopic (exact) mass is 386 g/mol. The van der Waals surface area contributed by atoms with Crippen LogP contribution in [0.1, 0.15) is 22.3 Å². The van der Waals surface area contributed by atoms with Crippen molar-refractivity contribution in [3.63, 3.8) is 0 Å². The first-order valence-corrected chi connectivity index (χ1v) is 6.89. The molecule has 2 aromatic carbocycles. The molecule has 1 unspecified atom stereocenters. The van der Waals surface area contributed by atoms with Gasteiger partial charge in [-0.2, -0.15) is 30.7 Å². The van der Waals surface area contributed by atoms with E-state index in [1.807, 2.05) is 0 Å². The van der Waals surface area contributed by atoms with Crippen LogP contribution in [0.2, 0.25) is 0 Å². The fourth-order valence-electron chi connectivity index (χ4n) is 2.15. The fourth-order valence-corrected chi connectivity index (χ4v) is 2.15. The van der Waals surface area contributed by atoms with Gasteiger partial charge in [-0.05, 0) is 29.8 Å². The molecule has 0 aromatic heterocycles. The summed E-state index contributed by atoms with van der Waals surface area (Å²) in [4.78, 5) is 0. The van der Waals surface area contributed by atoms with Crippen LogP contribution in [-0.2, 0) is 29.7 Å². The van der Waals surface area contributed by atoms with Crippen molar-refractivity contribution in [3.8, 4) is 0 Å². The van der Waals surface area contributed by atoms with Gasteiger partial charge in [-0.1, -0.05) is 18.2 Å². The molecule has 0 spiro atoms. The van der Waals surface area contributed by atoms with Crippen molar-refractivity contribution in [1.29, 1.82) is 0 Å². The second kappa shape index (κ2) is 6.84. The minimum Gasteiger partial charge on any atom is -0.336 e. The Hall–Kier alpha value is -2.20. The highest BCUT2D eigenvalue weighted by molar-refractivity contribution is 5.32. The van der Waals surface area contributed by atoms with Crippen LogP contribution >= 0.6 is 0 Å². The molecule has 2 aromatic rings. The quantitative estimate of drug-likeness (QED) is 0.582. The summed E-state index contributed by atoms with van der Waals surface area (Å²) >= 11 is 0.